The molecule has 0 saturated carbocycles. The summed E-state index contributed by atoms with van der Waals surface area (Å²) in [6, 6.07) is 10.9. The highest BCUT2D eigenvalue weighted by molar-refractivity contribution is 5.90. The Hall–Kier alpha value is -2.70. The van der Waals surface area contributed by atoms with E-state index < -0.39 is 0 Å². The van der Waals surface area contributed by atoms with Gasteiger partial charge in [-0.25, -0.2) is 9.59 Å². The van der Waals surface area contributed by atoms with Crippen LogP contribution in [0.1, 0.15) is 49.4 Å². The van der Waals surface area contributed by atoms with Crippen molar-refractivity contribution in [2.24, 2.45) is 0 Å². The molecule has 140 valence electrons. The number of rotatable bonds is 6. The Balaban J connectivity index is 1.20. The molecule has 4 rings (SSSR count). The molecule has 2 heterocycles. The van der Waals surface area contributed by atoms with Crippen LogP contribution in [0.5, 0.6) is 0 Å². The minimum atomic E-state index is -0.380. The first kappa shape index (κ1) is 17.7. The molecule has 6 heteroatoms. The maximum absolute atomic E-state index is 12.1. The van der Waals surface area contributed by atoms with Crippen LogP contribution >= 0.6 is 0 Å². The van der Waals surface area contributed by atoms with Crippen LogP contribution in [-0.2, 0) is 45.4 Å². The van der Waals surface area contributed by atoms with Crippen LogP contribution in [0.3, 0.4) is 0 Å². The lowest BCUT2D eigenvalue weighted by Gasteiger charge is -2.08. The van der Waals surface area contributed by atoms with Crippen molar-refractivity contribution < 1.29 is 28.5 Å². The van der Waals surface area contributed by atoms with E-state index in [0.717, 1.165) is 22.3 Å². The van der Waals surface area contributed by atoms with Crippen LogP contribution in [0, 0.1) is 0 Å². The molecule has 0 radical (unpaired) electrons. The fraction of sp³-hybridized carbons (Fsp3) is 0.333. The van der Waals surface area contributed by atoms with Gasteiger partial charge < -0.3 is 18.9 Å². The van der Waals surface area contributed by atoms with Gasteiger partial charge in [-0.1, -0.05) is 12.1 Å². The molecule has 0 aliphatic carbocycles. The Morgan fingerprint density at radius 3 is 1.63 bits per heavy atom. The van der Waals surface area contributed by atoms with E-state index in [0.29, 0.717) is 44.0 Å². The molecular formula is C21H20O6. The fourth-order valence-electron chi connectivity index (χ4n) is 3.15. The maximum Gasteiger partial charge on any atom is 0.338 e. The maximum atomic E-state index is 12.1. The molecule has 0 aromatic heterocycles. The summed E-state index contributed by atoms with van der Waals surface area (Å²) in [6.07, 6.45) is 0.444. The van der Waals surface area contributed by atoms with Gasteiger partial charge in [0.05, 0.1) is 50.8 Å². The second kappa shape index (κ2) is 7.90. The Bertz CT molecular complexity index is 801. The zero-order valence-electron chi connectivity index (χ0n) is 14.9. The van der Waals surface area contributed by atoms with Crippen LogP contribution < -0.4 is 0 Å². The zero-order valence-corrected chi connectivity index (χ0v) is 14.9. The zero-order chi connectivity index (χ0) is 18.6. The van der Waals surface area contributed by atoms with Gasteiger partial charge in [-0.05, 0) is 46.5 Å². The molecule has 0 fully saturated rings. The minimum Gasteiger partial charge on any atom is -0.462 e. The summed E-state index contributed by atoms with van der Waals surface area (Å²) in [7, 11) is 0. The fourth-order valence-corrected chi connectivity index (χ4v) is 3.15. The van der Waals surface area contributed by atoms with Gasteiger partial charge >= 0.3 is 11.9 Å². The SMILES string of the molecule is O=C(OCCCOC(=O)c1ccc2c(c1)COC2)c1ccc2c(c1)COC2. The van der Waals surface area contributed by atoms with E-state index in [4.69, 9.17) is 18.9 Å². The molecule has 2 aromatic rings. The predicted octanol–water partition coefficient (Wildman–Crippen LogP) is 3.15. The molecule has 6 nitrogen and oxygen atoms in total. The van der Waals surface area contributed by atoms with Crippen LogP contribution in [0.2, 0.25) is 0 Å². The Kier molecular flexibility index (Phi) is 5.18. The van der Waals surface area contributed by atoms with Crippen LogP contribution in [0.4, 0.5) is 0 Å². The van der Waals surface area contributed by atoms with Crippen LogP contribution in [-0.4, -0.2) is 25.2 Å². The predicted molar refractivity (Wildman–Crippen MR) is 95.1 cm³/mol. The van der Waals surface area contributed by atoms with E-state index in [2.05, 4.69) is 0 Å². The van der Waals surface area contributed by atoms with Crippen molar-refractivity contribution in [3.63, 3.8) is 0 Å². The van der Waals surface area contributed by atoms with Gasteiger partial charge in [-0.3, -0.25) is 0 Å². The van der Waals surface area contributed by atoms with Crippen molar-refractivity contribution in [3.8, 4) is 0 Å². The Morgan fingerprint density at radius 2 is 1.15 bits per heavy atom. The number of benzene rings is 2. The average molecular weight is 368 g/mol. The number of hydrogen-bond acceptors (Lipinski definition) is 6. The van der Waals surface area contributed by atoms with E-state index in [1.54, 1.807) is 12.1 Å². The molecule has 0 amide bonds. The monoisotopic (exact) mass is 368 g/mol. The summed E-state index contributed by atoms with van der Waals surface area (Å²) in [5.41, 5.74) is 5.29. The number of ether oxygens (including phenoxy) is 4. The smallest absolute Gasteiger partial charge is 0.338 e. The summed E-state index contributed by atoms with van der Waals surface area (Å²) in [6.45, 7) is 2.62. The molecule has 0 atom stereocenters. The minimum absolute atomic E-state index is 0.192. The lowest BCUT2D eigenvalue weighted by atomic mass is 10.1. The third-order valence-corrected chi connectivity index (χ3v) is 4.67. The van der Waals surface area contributed by atoms with Gasteiger partial charge in [0.1, 0.15) is 0 Å². The van der Waals surface area contributed by atoms with E-state index in [1.807, 2.05) is 24.3 Å². The molecule has 27 heavy (non-hydrogen) atoms. The van der Waals surface area contributed by atoms with Gasteiger partial charge in [0.15, 0.2) is 0 Å². The van der Waals surface area contributed by atoms with Gasteiger partial charge in [-0.15, -0.1) is 0 Å². The summed E-state index contributed by atoms with van der Waals surface area (Å²) >= 11 is 0. The van der Waals surface area contributed by atoms with Crippen LogP contribution in [0.15, 0.2) is 36.4 Å². The summed E-state index contributed by atoms with van der Waals surface area (Å²) in [5, 5.41) is 0. The lowest BCUT2D eigenvalue weighted by Crippen LogP contribution is -2.11. The van der Waals surface area contributed by atoms with Gasteiger partial charge in [0.25, 0.3) is 0 Å². The standard InChI is InChI=1S/C21H20O6/c22-20(14-2-4-16-10-24-12-18(16)8-14)26-6-1-7-27-21(23)15-3-5-17-11-25-13-19(17)9-15/h2-5,8-9H,1,6-7,10-13H2. The second-order valence-electron chi connectivity index (χ2n) is 6.58. The lowest BCUT2D eigenvalue weighted by molar-refractivity contribution is 0.0396. The highest BCUT2D eigenvalue weighted by atomic mass is 16.5. The van der Waals surface area contributed by atoms with E-state index >= 15 is 0 Å². The van der Waals surface area contributed by atoms with Gasteiger partial charge in [0, 0.05) is 6.42 Å². The molecule has 0 unspecified atom stereocenters. The quantitative estimate of drug-likeness (QED) is 0.576. The number of carbonyl (C=O) groups is 2. The van der Waals surface area contributed by atoms with Crippen molar-refractivity contribution in [1.82, 2.24) is 0 Å². The average Bonchev–Trinajstić information content (AvgIpc) is 3.34. The van der Waals surface area contributed by atoms with Crippen molar-refractivity contribution in [3.05, 3.63) is 69.8 Å². The molecule has 2 aliphatic rings. The molecule has 0 saturated heterocycles. The normalized spacial score (nSPS) is 14.5. The van der Waals surface area contributed by atoms with Crippen molar-refractivity contribution in [2.75, 3.05) is 13.2 Å². The summed E-state index contributed by atoms with van der Waals surface area (Å²) in [5.74, 6) is -0.760. The number of carbonyl (C=O) groups excluding carboxylic acids is 2. The topological polar surface area (TPSA) is 71.1 Å². The largest absolute Gasteiger partial charge is 0.462 e. The molecule has 2 aliphatic heterocycles. The van der Waals surface area contributed by atoms with E-state index in [9.17, 15) is 9.59 Å². The molecule has 0 N–H and O–H groups in total. The van der Waals surface area contributed by atoms with Gasteiger partial charge in [0.2, 0.25) is 0 Å². The van der Waals surface area contributed by atoms with Crippen molar-refractivity contribution in [2.45, 2.75) is 32.8 Å². The van der Waals surface area contributed by atoms with Crippen LogP contribution in [0.25, 0.3) is 0 Å². The van der Waals surface area contributed by atoms with E-state index in [-0.39, 0.29) is 25.2 Å². The molecule has 2 aromatic carbocycles. The molecular weight excluding hydrogens is 348 g/mol. The highest BCUT2D eigenvalue weighted by Crippen LogP contribution is 2.22. The summed E-state index contributed by atoms with van der Waals surface area (Å²) in [4.78, 5) is 24.2. The number of esters is 2. The first-order valence-corrected chi connectivity index (χ1v) is 8.94. The summed E-state index contributed by atoms with van der Waals surface area (Å²) < 4.78 is 21.2. The van der Waals surface area contributed by atoms with Crippen molar-refractivity contribution >= 4 is 11.9 Å². The third kappa shape index (κ3) is 4.02. The third-order valence-electron chi connectivity index (χ3n) is 4.67. The Labute approximate surface area is 157 Å². The first-order valence-electron chi connectivity index (χ1n) is 8.94. The molecule has 0 spiro atoms. The molecule has 0 bridgehead atoms. The number of fused-ring (bicyclic) bond motifs is 2. The second-order valence-corrected chi connectivity index (χ2v) is 6.58. The first-order chi connectivity index (χ1) is 13.2. The van der Waals surface area contributed by atoms with Crippen molar-refractivity contribution in [1.29, 1.82) is 0 Å². The Morgan fingerprint density at radius 1 is 0.704 bits per heavy atom. The van der Waals surface area contributed by atoms with Gasteiger partial charge in [-0.2, -0.15) is 0 Å². The number of hydrogen-bond donors (Lipinski definition) is 0. The van der Waals surface area contributed by atoms with E-state index in [1.165, 1.54) is 0 Å². The highest BCUT2D eigenvalue weighted by Gasteiger charge is 2.16.